The number of pyridine rings is 3. The molecule has 0 saturated carbocycles. The molecule has 0 radical (unpaired) electrons. The van der Waals surface area contributed by atoms with Gasteiger partial charge in [0.15, 0.2) is 0 Å². The van der Waals surface area contributed by atoms with E-state index in [9.17, 15) is 4.79 Å². The minimum atomic E-state index is -0.302. The number of rotatable bonds is 5. The van der Waals surface area contributed by atoms with E-state index in [1.807, 2.05) is 25.4 Å². The Morgan fingerprint density at radius 2 is 2.03 bits per heavy atom. The van der Waals surface area contributed by atoms with E-state index in [0.29, 0.717) is 17.1 Å². The van der Waals surface area contributed by atoms with Crippen molar-refractivity contribution >= 4 is 22.6 Å². The molecule has 162 valence electrons. The molecule has 0 aliphatic carbocycles. The van der Waals surface area contributed by atoms with E-state index in [1.54, 1.807) is 35.4 Å². The van der Waals surface area contributed by atoms with Crippen molar-refractivity contribution in [2.45, 2.75) is 18.9 Å². The number of aryl methyl sites for hydroxylation is 1. The second-order valence-corrected chi connectivity index (χ2v) is 7.79. The molecule has 0 bridgehead atoms. The van der Waals surface area contributed by atoms with Crippen molar-refractivity contribution in [3.8, 4) is 17.0 Å². The van der Waals surface area contributed by atoms with E-state index >= 15 is 0 Å². The van der Waals surface area contributed by atoms with Gasteiger partial charge in [-0.1, -0.05) is 0 Å². The Balaban J connectivity index is 1.33. The van der Waals surface area contributed by atoms with Gasteiger partial charge in [0.1, 0.15) is 17.7 Å². The van der Waals surface area contributed by atoms with Crippen LogP contribution in [0.1, 0.15) is 23.2 Å². The molecule has 9 nitrogen and oxygen atoms in total. The topological polar surface area (TPSA) is 107 Å². The lowest BCUT2D eigenvalue weighted by atomic mass is 10.1. The van der Waals surface area contributed by atoms with Gasteiger partial charge in [0.05, 0.1) is 29.2 Å². The summed E-state index contributed by atoms with van der Waals surface area (Å²) < 4.78 is 7.73. The molecule has 4 aromatic rings. The van der Waals surface area contributed by atoms with Crippen molar-refractivity contribution in [2.24, 2.45) is 7.05 Å². The van der Waals surface area contributed by atoms with E-state index in [4.69, 9.17) is 9.72 Å². The lowest BCUT2D eigenvalue weighted by Gasteiger charge is -2.23. The fourth-order valence-electron chi connectivity index (χ4n) is 3.70. The minimum absolute atomic E-state index is 0.138. The Labute approximate surface area is 184 Å². The number of fused-ring (bicyclic) bond motifs is 1. The van der Waals surface area contributed by atoms with Crippen molar-refractivity contribution in [2.75, 3.05) is 18.4 Å². The molecule has 0 unspecified atom stereocenters. The molecule has 1 fully saturated rings. The summed E-state index contributed by atoms with van der Waals surface area (Å²) in [5.41, 5.74) is 2.88. The molecule has 5 heterocycles. The van der Waals surface area contributed by atoms with Crippen LogP contribution in [0.15, 0.2) is 55.2 Å². The zero-order valence-corrected chi connectivity index (χ0v) is 17.7. The molecule has 0 aromatic carbocycles. The number of aromatic nitrogens is 5. The van der Waals surface area contributed by atoms with Gasteiger partial charge in [0.2, 0.25) is 0 Å². The molecule has 32 heavy (non-hydrogen) atoms. The Kier molecular flexibility index (Phi) is 5.47. The minimum Gasteiger partial charge on any atom is -0.489 e. The van der Waals surface area contributed by atoms with Crippen molar-refractivity contribution in [3.05, 3.63) is 60.8 Å². The van der Waals surface area contributed by atoms with Crippen molar-refractivity contribution in [1.82, 2.24) is 30.0 Å². The standard InChI is InChI=1S/C23H23N7O2/c1-30-14-17(12-27-30)20-3-2-15-11-26-22(9-21(15)28-20)29-23(31)16-8-19(13-25-10-16)32-18-4-6-24-7-5-18/h2-3,8-14,18,24H,4-7H2,1H3,(H,26,29,31). The molecule has 0 atom stereocenters. The second-order valence-electron chi connectivity index (χ2n) is 7.79. The van der Waals surface area contributed by atoms with Crippen LogP contribution >= 0.6 is 0 Å². The Hall–Kier alpha value is -3.85. The number of piperidine rings is 1. The molecule has 1 saturated heterocycles. The smallest absolute Gasteiger partial charge is 0.258 e. The molecule has 4 aromatic heterocycles. The third-order valence-electron chi connectivity index (χ3n) is 5.38. The summed E-state index contributed by atoms with van der Waals surface area (Å²) in [6.07, 6.45) is 10.5. The molecule has 0 spiro atoms. The van der Waals surface area contributed by atoms with Gasteiger partial charge in [-0.15, -0.1) is 0 Å². The summed E-state index contributed by atoms with van der Waals surface area (Å²) >= 11 is 0. The second kappa shape index (κ2) is 8.72. The maximum atomic E-state index is 12.8. The van der Waals surface area contributed by atoms with Crippen molar-refractivity contribution < 1.29 is 9.53 Å². The molecule has 1 aliphatic heterocycles. The highest BCUT2D eigenvalue weighted by molar-refractivity contribution is 6.04. The first-order valence-electron chi connectivity index (χ1n) is 10.5. The zero-order chi connectivity index (χ0) is 21.9. The number of carbonyl (C=O) groups is 1. The van der Waals surface area contributed by atoms with Gasteiger partial charge >= 0.3 is 0 Å². The average molecular weight is 429 g/mol. The predicted octanol–water partition coefficient (Wildman–Crippen LogP) is 2.81. The number of ether oxygens (including phenoxy) is 1. The number of hydrogen-bond donors (Lipinski definition) is 2. The van der Waals surface area contributed by atoms with Gasteiger partial charge in [0, 0.05) is 42.7 Å². The fraction of sp³-hybridized carbons (Fsp3) is 0.261. The molecule has 2 N–H and O–H groups in total. The first-order valence-corrected chi connectivity index (χ1v) is 10.5. The van der Waals surface area contributed by atoms with Gasteiger partial charge in [-0.25, -0.2) is 9.97 Å². The Bertz CT molecular complexity index is 1260. The summed E-state index contributed by atoms with van der Waals surface area (Å²) in [5.74, 6) is 0.713. The van der Waals surface area contributed by atoms with Crippen LogP contribution in [0.5, 0.6) is 5.75 Å². The number of anilines is 1. The van der Waals surface area contributed by atoms with Crippen LogP contribution in [0, 0.1) is 0 Å². The average Bonchev–Trinajstić information content (AvgIpc) is 3.26. The summed E-state index contributed by atoms with van der Waals surface area (Å²) in [7, 11) is 1.86. The zero-order valence-electron chi connectivity index (χ0n) is 17.7. The highest BCUT2D eigenvalue weighted by Gasteiger charge is 2.16. The fourth-order valence-corrected chi connectivity index (χ4v) is 3.70. The summed E-state index contributed by atoms with van der Waals surface area (Å²) in [4.78, 5) is 26.0. The lowest BCUT2D eigenvalue weighted by molar-refractivity contribution is 0.102. The number of nitrogens with one attached hydrogen (secondary N) is 2. The van der Waals surface area contributed by atoms with Crippen LogP contribution in [-0.4, -0.2) is 49.8 Å². The monoisotopic (exact) mass is 429 g/mol. The predicted molar refractivity (Wildman–Crippen MR) is 120 cm³/mol. The molecule has 9 heteroatoms. The van der Waals surface area contributed by atoms with E-state index in [0.717, 1.165) is 48.1 Å². The molecular formula is C23H23N7O2. The number of nitrogens with zero attached hydrogens (tertiary/aromatic N) is 5. The molecule has 5 rings (SSSR count). The maximum absolute atomic E-state index is 12.8. The Morgan fingerprint density at radius 1 is 1.16 bits per heavy atom. The van der Waals surface area contributed by atoms with Gasteiger partial charge < -0.3 is 15.4 Å². The SMILES string of the molecule is Cn1cc(-c2ccc3cnc(NC(=O)c4cncc(OC5CCNCC5)c4)cc3n2)cn1. The first-order chi connectivity index (χ1) is 15.6. The van der Waals surface area contributed by atoms with E-state index < -0.39 is 0 Å². The Morgan fingerprint density at radius 3 is 2.84 bits per heavy atom. The van der Waals surface area contributed by atoms with Gasteiger partial charge in [-0.3, -0.25) is 14.5 Å². The summed E-state index contributed by atoms with van der Waals surface area (Å²) in [6.45, 7) is 1.87. The lowest BCUT2D eigenvalue weighted by Crippen LogP contribution is -2.34. The maximum Gasteiger partial charge on any atom is 0.258 e. The van der Waals surface area contributed by atoms with Gasteiger partial charge in [-0.05, 0) is 44.1 Å². The normalized spacial score (nSPS) is 14.4. The van der Waals surface area contributed by atoms with Crippen molar-refractivity contribution in [3.63, 3.8) is 0 Å². The third kappa shape index (κ3) is 4.42. The molecule has 1 aliphatic rings. The summed E-state index contributed by atoms with van der Waals surface area (Å²) in [6, 6.07) is 7.35. The molecular weight excluding hydrogens is 406 g/mol. The van der Waals surface area contributed by atoms with Crippen molar-refractivity contribution in [1.29, 1.82) is 0 Å². The van der Waals surface area contributed by atoms with E-state index in [1.165, 1.54) is 6.20 Å². The highest BCUT2D eigenvalue weighted by Crippen LogP contribution is 2.22. The number of amides is 1. The number of hydrogen-bond acceptors (Lipinski definition) is 7. The third-order valence-corrected chi connectivity index (χ3v) is 5.38. The van der Waals surface area contributed by atoms with Gasteiger partial charge in [0.25, 0.3) is 5.91 Å². The largest absolute Gasteiger partial charge is 0.489 e. The van der Waals surface area contributed by atoms with Crippen LogP contribution in [0.4, 0.5) is 5.82 Å². The first kappa shape index (κ1) is 20.1. The highest BCUT2D eigenvalue weighted by atomic mass is 16.5. The molecule has 1 amide bonds. The quantitative estimate of drug-likeness (QED) is 0.502. The van der Waals surface area contributed by atoms with Crippen LogP contribution in [0.2, 0.25) is 0 Å². The van der Waals surface area contributed by atoms with Gasteiger partial charge in [-0.2, -0.15) is 5.10 Å². The van der Waals surface area contributed by atoms with Crippen LogP contribution in [0.25, 0.3) is 22.2 Å². The van der Waals surface area contributed by atoms with E-state index in [-0.39, 0.29) is 12.0 Å². The number of carbonyl (C=O) groups excluding carboxylic acids is 1. The van der Waals surface area contributed by atoms with Crippen LogP contribution < -0.4 is 15.4 Å². The van der Waals surface area contributed by atoms with Crippen LogP contribution in [0.3, 0.4) is 0 Å². The summed E-state index contributed by atoms with van der Waals surface area (Å²) in [5, 5.41) is 11.2. The van der Waals surface area contributed by atoms with Crippen LogP contribution in [-0.2, 0) is 7.05 Å². The van der Waals surface area contributed by atoms with E-state index in [2.05, 4.69) is 25.7 Å².